The maximum absolute atomic E-state index is 13.3. The summed E-state index contributed by atoms with van der Waals surface area (Å²) in [5.74, 6) is -0.0951. The lowest BCUT2D eigenvalue weighted by atomic mass is 9.82. The molecule has 30 heavy (non-hydrogen) atoms. The fraction of sp³-hybridized carbons (Fsp3) is 0.333. The number of fused-ring (bicyclic) bond motifs is 2. The number of allylic oxidation sites excluding steroid dienone is 1. The van der Waals surface area contributed by atoms with E-state index in [1.165, 1.54) is 5.69 Å². The fourth-order valence-electron chi connectivity index (χ4n) is 4.70. The van der Waals surface area contributed by atoms with Crippen molar-refractivity contribution < 1.29 is 4.79 Å². The second-order valence-corrected chi connectivity index (χ2v) is 9.01. The number of benzene rings is 1. The van der Waals surface area contributed by atoms with E-state index in [0.29, 0.717) is 28.4 Å². The summed E-state index contributed by atoms with van der Waals surface area (Å²) < 4.78 is 1.86. The van der Waals surface area contributed by atoms with Crippen molar-refractivity contribution in [2.45, 2.75) is 38.8 Å². The number of nitrogens with zero attached hydrogens (tertiary/aromatic N) is 3. The van der Waals surface area contributed by atoms with Crippen LogP contribution in [0.5, 0.6) is 0 Å². The van der Waals surface area contributed by atoms with Gasteiger partial charge in [-0.1, -0.05) is 24.6 Å². The standard InChI is InChI=1S/C24H25ClN4O/c1-14-10-28(11-15(2)26-14)19-6-4-17-8-21(24(30)16(3)20(17)9-19)22-13-29-12-18(25)5-7-23(29)27-22/h4-9,12-16,26H,10-11H2,1-3H3/t14-,15+,16?. The second-order valence-electron chi connectivity index (χ2n) is 8.57. The van der Waals surface area contributed by atoms with Crippen molar-refractivity contribution in [1.82, 2.24) is 14.7 Å². The average molecular weight is 421 g/mol. The van der Waals surface area contributed by atoms with Gasteiger partial charge in [0.2, 0.25) is 0 Å². The number of rotatable bonds is 2. The first-order valence-electron chi connectivity index (χ1n) is 10.4. The molecule has 5 rings (SSSR count). The van der Waals surface area contributed by atoms with E-state index < -0.39 is 0 Å². The van der Waals surface area contributed by atoms with E-state index in [4.69, 9.17) is 11.6 Å². The predicted molar refractivity (Wildman–Crippen MR) is 122 cm³/mol. The number of aromatic nitrogens is 2. The van der Waals surface area contributed by atoms with Crippen molar-refractivity contribution in [3.63, 3.8) is 0 Å². The van der Waals surface area contributed by atoms with Gasteiger partial charge in [0.25, 0.3) is 0 Å². The number of pyridine rings is 1. The predicted octanol–water partition coefficient (Wildman–Crippen LogP) is 4.40. The zero-order chi connectivity index (χ0) is 21.0. The van der Waals surface area contributed by atoms with Crippen LogP contribution in [-0.2, 0) is 4.79 Å². The van der Waals surface area contributed by atoms with Crippen LogP contribution in [0.2, 0.25) is 5.02 Å². The van der Waals surface area contributed by atoms with Crippen LogP contribution in [0.3, 0.4) is 0 Å². The Morgan fingerprint density at radius 3 is 2.60 bits per heavy atom. The van der Waals surface area contributed by atoms with Crippen molar-refractivity contribution in [3.05, 3.63) is 64.6 Å². The van der Waals surface area contributed by atoms with Crippen molar-refractivity contribution in [2.75, 3.05) is 18.0 Å². The molecule has 0 amide bonds. The number of hydrogen-bond donors (Lipinski definition) is 1. The number of imidazole rings is 1. The van der Waals surface area contributed by atoms with Crippen LogP contribution in [0.1, 0.15) is 43.5 Å². The molecule has 1 aromatic carbocycles. The number of Topliss-reactive ketones (excluding diaryl/α,β-unsaturated/α-hetero) is 1. The summed E-state index contributed by atoms with van der Waals surface area (Å²) in [5, 5.41) is 4.21. The first-order valence-corrected chi connectivity index (χ1v) is 10.8. The molecule has 2 aromatic heterocycles. The van der Waals surface area contributed by atoms with Gasteiger partial charge in [0.1, 0.15) is 5.65 Å². The van der Waals surface area contributed by atoms with Gasteiger partial charge in [-0.2, -0.15) is 0 Å². The van der Waals surface area contributed by atoms with Crippen LogP contribution in [-0.4, -0.2) is 40.3 Å². The smallest absolute Gasteiger partial charge is 0.172 e. The minimum Gasteiger partial charge on any atom is -0.368 e. The number of nitrogens with one attached hydrogen (secondary N) is 1. The molecular weight excluding hydrogens is 396 g/mol. The fourth-order valence-corrected chi connectivity index (χ4v) is 4.87. The summed E-state index contributed by atoms with van der Waals surface area (Å²) in [5.41, 5.74) is 5.49. The SMILES string of the molecule is CC1C(=O)C(c2cn3cc(Cl)ccc3n2)=Cc2ccc(N3C[C@@H](C)N[C@@H](C)C3)cc21. The maximum atomic E-state index is 13.3. The van der Waals surface area contributed by atoms with Crippen molar-refractivity contribution in [2.24, 2.45) is 0 Å². The number of ketones is 1. The van der Waals surface area contributed by atoms with Gasteiger partial charge in [-0.3, -0.25) is 4.79 Å². The maximum Gasteiger partial charge on any atom is 0.172 e. The highest BCUT2D eigenvalue weighted by atomic mass is 35.5. The first-order chi connectivity index (χ1) is 14.4. The Morgan fingerprint density at radius 1 is 1.07 bits per heavy atom. The molecule has 1 aliphatic carbocycles. The highest BCUT2D eigenvalue weighted by Crippen LogP contribution is 2.37. The van der Waals surface area contributed by atoms with Crippen LogP contribution in [0.25, 0.3) is 17.3 Å². The van der Waals surface area contributed by atoms with E-state index >= 15 is 0 Å². The van der Waals surface area contributed by atoms with Crippen LogP contribution in [0.4, 0.5) is 5.69 Å². The van der Waals surface area contributed by atoms with Gasteiger partial charge < -0.3 is 14.6 Å². The number of carbonyl (C=O) groups is 1. The molecule has 0 radical (unpaired) electrons. The molecule has 1 unspecified atom stereocenters. The summed E-state index contributed by atoms with van der Waals surface area (Å²) in [6.07, 6.45) is 5.66. The number of piperazine rings is 1. The lowest BCUT2D eigenvalue weighted by molar-refractivity contribution is -0.114. The zero-order valence-corrected chi connectivity index (χ0v) is 18.1. The van der Waals surface area contributed by atoms with E-state index in [1.807, 2.05) is 35.7 Å². The molecule has 3 aromatic rings. The lowest BCUT2D eigenvalue weighted by Crippen LogP contribution is -2.54. The number of hydrogen-bond acceptors (Lipinski definition) is 4. The van der Waals surface area contributed by atoms with Gasteiger partial charge in [0, 0.05) is 54.7 Å². The number of carbonyl (C=O) groups excluding carboxylic acids is 1. The highest BCUT2D eigenvalue weighted by Gasteiger charge is 2.30. The third-order valence-electron chi connectivity index (χ3n) is 6.11. The molecule has 3 heterocycles. The van der Waals surface area contributed by atoms with Gasteiger partial charge in [-0.15, -0.1) is 0 Å². The Bertz CT molecular complexity index is 1170. The van der Waals surface area contributed by atoms with E-state index in [2.05, 4.69) is 47.2 Å². The number of anilines is 1. The van der Waals surface area contributed by atoms with Gasteiger partial charge >= 0.3 is 0 Å². The lowest BCUT2D eigenvalue weighted by Gasteiger charge is -2.38. The largest absolute Gasteiger partial charge is 0.368 e. The minimum atomic E-state index is -0.203. The Labute approximate surface area is 181 Å². The first kappa shape index (κ1) is 19.3. The second kappa shape index (κ2) is 7.25. The van der Waals surface area contributed by atoms with Crippen molar-refractivity contribution in [3.8, 4) is 0 Å². The highest BCUT2D eigenvalue weighted by molar-refractivity contribution is 6.30. The third-order valence-corrected chi connectivity index (χ3v) is 6.33. The topological polar surface area (TPSA) is 49.6 Å². The van der Waals surface area contributed by atoms with E-state index in [9.17, 15) is 4.79 Å². The van der Waals surface area contributed by atoms with Crippen molar-refractivity contribution >= 4 is 40.4 Å². The van der Waals surface area contributed by atoms with Gasteiger partial charge in [0.15, 0.2) is 5.78 Å². The Balaban J connectivity index is 1.53. The van der Waals surface area contributed by atoms with E-state index in [1.54, 1.807) is 6.20 Å². The molecule has 0 spiro atoms. The third kappa shape index (κ3) is 3.32. The summed E-state index contributed by atoms with van der Waals surface area (Å²) in [6.45, 7) is 8.36. The van der Waals surface area contributed by atoms with Crippen LogP contribution in [0, 0.1) is 0 Å². The summed E-state index contributed by atoms with van der Waals surface area (Å²) in [4.78, 5) is 20.3. The normalized spacial score (nSPS) is 24.1. The average Bonchev–Trinajstić information content (AvgIpc) is 3.12. The molecule has 154 valence electrons. The molecule has 5 nitrogen and oxygen atoms in total. The van der Waals surface area contributed by atoms with Gasteiger partial charge in [-0.25, -0.2) is 4.98 Å². The molecule has 2 aliphatic rings. The van der Waals surface area contributed by atoms with Gasteiger partial charge in [0.05, 0.1) is 10.7 Å². The summed E-state index contributed by atoms with van der Waals surface area (Å²) in [7, 11) is 0. The number of halogens is 1. The van der Waals surface area contributed by atoms with E-state index in [-0.39, 0.29) is 11.7 Å². The Morgan fingerprint density at radius 2 is 1.83 bits per heavy atom. The van der Waals surface area contributed by atoms with Crippen LogP contribution >= 0.6 is 11.6 Å². The summed E-state index contributed by atoms with van der Waals surface area (Å²) >= 11 is 6.09. The summed E-state index contributed by atoms with van der Waals surface area (Å²) in [6, 6.07) is 11.1. The van der Waals surface area contributed by atoms with Gasteiger partial charge in [-0.05, 0) is 55.3 Å². The minimum absolute atomic E-state index is 0.108. The van der Waals surface area contributed by atoms with Crippen LogP contribution in [0.15, 0.2) is 42.7 Å². The molecule has 0 saturated carbocycles. The molecule has 1 N–H and O–H groups in total. The van der Waals surface area contributed by atoms with E-state index in [0.717, 1.165) is 29.9 Å². The molecule has 3 atom stereocenters. The molecule has 1 fully saturated rings. The molecule has 1 aliphatic heterocycles. The molecule has 1 saturated heterocycles. The molecule has 0 bridgehead atoms. The van der Waals surface area contributed by atoms with Crippen molar-refractivity contribution in [1.29, 1.82) is 0 Å². The molecule has 6 heteroatoms. The van der Waals surface area contributed by atoms with Crippen LogP contribution < -0.4 is 10.2 Å². The molecular formula is C24H25ClN4O. The zero-order valence-electron chi connectivity index (χ0n) is 17.4. The Hall–Kier alpha value is -2.63. The quantitative estimate of drug-likeness (QED) is 0.667. The Kier molecular flexibility index (Phi) is 4.68. The monoisotopic (exact) mass is 420 g/mol.